The van der Waals surface area contributed by atoms with Crippen molar-refractivity contribution in [1.82, 2.24) is 4.90 Å². The maximum absolute atomic E-state index is 12.6. The lowest BCUT2D eigenvalue weighted by Gasteiger charge is -2.42. The van der Waals surface area contributed by atoms with Gasteiger partial charge in [-0.3, -0.25) is 4.90 Å². The van der Waals surface area contributed by atoms with Crippen molar-refractivity contribution in [2.75, 3.05) is 13.1 Å². The second kappa shape index (κ2) is 10.6. The van der Waals surface area contributed by atoms with Crippen LogP contribution in [0.2, 0.25) is 0 Å². The van der Waals surface area contributed by atoms with E-state index in [1.54, 1.807) is 0 Å². The van der Waals surface area contributed by atoms with Crippen molar-refractivity contribution in [3.8, 4) is 11.5 Å². The number of nitrogens with zero attached hydrogens (tertiary/aromatic N) is 1. The minimum absolute atomic E-state index is 0.313. The molecule has 0 saturated carbocycles. The zero-order chi connectivity index (χ0) is 26.7. The summed E-state index contributed by atoms with van der Waals surface area (Å²) < 4.78 is 83.6. The van der Waals surface area contributed by atoms with Crippen LogP contribution in [0.25, 0.3) is 0 Å². The molecule has 1 saturated heterocycles. The van der Waals surface area contributed by atoms with E-state index >= 15 is 0 Å². The molecule has 0 aromatic heterocycles. The molecule has 0 radical (unpaired) electrons. The van der Waals surface area contributed by atoms with Crippen LogP contribution < -0.4 is 9.47 Å². The molecule has 3 aromatic rings. The Morgan fingerprint density at radius 1 is 0.676 bits per heavy atom. The van der Waals surface area contributed by atoms with Crippen LogP contribution in [0.5, 0.6) is 11.5 Å². The van der Waals surface area contributed by atoms with Gasteiger partial charge in [0.05, 0.1) is 0 Å². The fraction of sp³-hybridized carbons (Fsp3) is 0.333. The van der Waals surface area contributed by atoms with Gasteiger partial charge in [-0.05, 0) is 72.8 Å². The van der Waals surface area contributed by atoms with Gasteiger partial charge in [0, 0.05) is 6.54 Å². The lowest BCUT2D eigenvalue weighted by atomic mass is 9.72. The van der Waals surface area contributed by atoms with Gasteiger partial charge in [-0.15, -0.1) is 26.3 Å². The topological polar surface area (TPSA) is 41.9 Å². The molecule has 4 nitrogen and oxygen atoms in total. The van der Waals surface area contributed by atoms with Crippen LogP contribution in [0.3, 0.4) is 0 Å². The summed E-state index contributed by atoms with van der Waals surface area (Å²) in [6, 6.07) is 19.7. The monoisotopic (exact) mass is 525 g/mol. The maximum atomic E-state index is 12.6. The van der Waals surface area contributed by atoms with E-state index in [2.05, 4.69) is 14.4 Å². The Morgan fingerprint density at radius 3 is 1.51 bits per heavy atom. The first-order valence-electron chi connectivity index (χ1n) is 11.6. The normalized spacial score (nSPS) is 16.0. The lowest BCUT2D eigenvalue weighted by molar-refractivity contribution is -0.275. The van der Waals surface area contributed by atoms with E-state index in [9.17, 15) is 31.4 Å². The summed E-state index contributed by atoms with van der Waals surface area (Å²) in [6.45, 7) is 2.05. The van der Waals surface area contributed by atoms with Crippen molar-refractivity contribution >= 4 is 0 Å². The van der Waals surface area contributed by atoms with Crippen LogP contribution >= 0.6 is 0 Å². The van der Waals surface area contributed by atoms with Crippen LogP contribution in [0.1, 0.15) is 29.5 Å². The van der Waals surface area contributed by atoms with Gasteiger partial charge in [-0.25, -0.2) is 0 Å². The van der Waals surface area contributed by atoms with Crippen LogP contribution in [0.4, 0.5) is 26.3 Å². The van der Waals surface area contributed by atoms with Gasteiger partial charge in [0.15, 0.2) is 0 Å². The first-order chi connectivity index (χ1) is 17.4. The fourth-order valence-corrected chi connectivity index (χ4v) is 4.81. The van der Waals surface area contributed by atoms with E-state index in [0.29, 0.717) is 37.1 Å². The molecular weight excluding hydrogens is 500 g/mol. The first kappa shape index (κ1) is 26.8. The van der Waals surface area contributed by atoms with Crippen LogP contribution in [-0.2, 0) is 12.1 Å². The highest BCUT2D eigenvalue weighted by Crippen LogP contribution is 2.43. The second-order valence-electron chi connectivity index (χ2n) is 8.95. The molecule has 4 rings (SSSR count). The Kier molecular flexibility index (Phi) is 7.70. The summed E-state index contributed by atoms with van der Waals surface area (Å²) in [5.74, 6) is -1.22. The van der Waals surface area contributed by atoms with Gasteiger partial charge in [-0.1, -0.05) is 54.6 Å². The number of benzene rings is 3. The molecule has 0 amide bonds. The Morgan fingerprint density at radius 2 is 1.11 bits per heavy atom. The van der Waals surface area contributed by atoms with Gasteiger partial charge in [0.25, 0.3) is 0 Å². The summed E-state index contributed by atoms with van der Waals surface area (Å²) in [4.78, 5) is 2.24. The minimum Gasteiger partial charge on any atom is -0.406 e. The van der Waals surface area contributed by atoms with Gasteiger partial charge < -0.3 is 14.6 Å². The zero-order valence-electron chi connectivity index (χ0n) is 19.6. The van der Waals surface area contributed by atoms with Crippen molar-refractivity contribution < 1.29 is 40.9 Å². The lowest BCUT2D eigenvalue weighted by Crippen LogP contribution is -2.44. The molecule has 1 aliphatic heterocycles. The van der Waals surface area contributed by atoms with Crippen molar-refractivity contribution in [1.29, 1.82) is 0 Å². The molecular formula is C27H25F6NO3. The summed E-state index contributed by atoms with van der Waals surface area (Å²) in [5, 5.41) is 12.1. The molecule has 0 unspecified atom stereocenters. The van der Waals surface area contributed by atoms with E-state index in [0.717, 1.165) is 36.4 Å². The van der Waals surface area contributed by atoms with E-state index in [1.807, 2.05) is 30.3 Å². The van der Waals surface area contributed by atoms with Crippen molar-refractivity contribution in [3.05, 3.63) is 95.6 Å². The third-order valence-electron chi connectivity index (χ3n) is 6.48. The molecule has 0 aliphatic carbocycles. The Bertz CT molecular complexity index is 1080. The SMILES string of the molecule is OC(c1ccc(OC(F)(F)F)cc1)(c1ccc(OC(F)(F)F)cc1)C1CCN(Cc2ccccc2)CC1. The number of likely N-dealkylation sites (tertiary alicyclic amines) is 1. The molecule has 198 valence electrons. The molecule has 1 fully saturated rings. The van der Waals surface area contributed by atoms with Crippen molar-refractivity contribution in [3.63, 3.8) is 0 Å². The maximum Gasteiger partial charge on any atom is 0.573 e. The molecule has 3 aromatic carbocycles. The number of hydrogen-bond acceptors (Lipinski definition) is 4. The van der Waals surface area contributed by atoms with Crippen molar-refractivity contribution in [2.24, 2.45) is 5.92 Å². The summed E-state index contributed by atoms with van der Waals surface area (Å²) >= 11 is 0. The highest BCUT2D eigenvalue weighted by molar-refractivity contribution is 5.42. The second-order valence-corrected chi connectivity index (χ2v) is 8.95. The standard InChI is InChI=1S/C27H25F6NO3/c28-26(29,30)36-23-10-6-20(7-11-23)25(35,21-8-12-24(13-9-21)37-27(31,32)33)22-14-16-34(17-15-22)18-19-4-2-1-3-5-19/h1-13,22,35H,14-18H2. The summed E-state index contributed by atoms with van der Waals surface area (Å²) in [6.07, 6.45) is -8.61. The summed E-state index contributed by atoms with van der Waals surface area (Å²) in [5.41, 5.74) is 0.115. The number of aliphatic hydroxyl groups is 1. The third kappa shape index (κ3) is 6.95. The van der Waals surface area contributed by atoms with Crippen molar-refractivity contribution in [2.45, 2.75) is 37.7 Å². The number of alkyl halides is 6. The van der Waals surface area contributed by atoms with E-state index in [1.165, 1.54) is 24.3 Å². The third-order valence-corrected chi connectivity index (χ3v) is 6.48. The highest BCUT2D eigenvalue weighted by atomic mass is 19.4. The number of rotatable bonds is 7. The largest absolute Gasteiger partial charge is 0.573 e. The molecule has 0 spiro atoms. The average molecular weight is 525 g/mol. The van der Waals surface area contributed by atoms with Crippen LogP contribution in [0, 0.1) is 5.92 Å². The van der Waals surface area contributed by atoms with Crippen LogP contribution in [0.15, 0.2) is 78.9 Å². The van der Waals surface area contributed by atoms with E-state index in [4.69, 9.17) is 0 Å². The molecule has 37 heavy (non-hydrogen) atoms. The minimum atomic E-state index is -4.86. The van der Waals surface area contributed by atoms with Gasteiger partial charge in [0.1, 0.15) is 17.1 Å². The number of ether oxygens (including phenoxy) is 2. The Labute approximate surface area is 210 Å². The molecule has 1 aliphatic rings. The van der Waals surface area contributed by atoms with Crippen LogP contribution in [-0.4, -0.2) is 35.8 Å². The molecule has 1 heterocycles. The number of halogens is 6. The van der Waals surface area contributed by atoms with Gasteiger partial charge in [0.2, 0.25) is 0 Å². The smallest absolute Gasteiger partial charge is 0.406 e. The predicted octanol–water partition coefficient (Wildman–Crippen LogP) is 6.63. The van der Waals surface area contributed by atoms with E-state index in [-0.39, 0.29) is 5.92 Å². The Hall–Kier alpha value is -3.24. The van der Waals surface area contributed by atoms with E-state index < -0.39 is 29.8 Å². The van der Waals surface area contributed by atoms with Gasteiger partial charge in [-0.2, -0.15) is 0 Å². The summed E-state index contributed by atoms with van der Waals surface area (Å²) in [7, 11) is 0. The highest BCUT2D eigenvalue weighted by Gasteiger charge is 2.42. The molecule has 0 atom stereocenters. The number of hydrogen-bond donors (Lipinski definition) is 1. The predicted molar refractivity (Wildman–Crippen MR) is 124 cm³/mol. The molecule has 0 bridgehead atoms. The molecule has 1 N–H and O–H groups in total. The quantitative estimate of drug-likeness (QED) is 0.352. The zero-order valence-corrected chi connectivity index (χ0v) is 19.6. The Balaban J connectivity index is 1.59. The fourth-order valence-electron chi connectivity index (χ4n) is 4.81. The first-order valence-corrected chi connectivity index (χ1v) is 11.6. The average Bonchev–Trinajstić information content (AvgIpc) is 2.84. The molecule has 10 heteroatoms. The van der Waals surface area contributed by atoms with Gasteiger partial charge >= 0.3 is 12.7 Å². The number of piperidine rings is 1.